The normalized spacial score (nSPS) is 12.1. The number of benzene rings is 1. The summed E-state index contributed by atoms with van der Waals surface area (Å²) in [6.45, 7) is 5.26. The van der Waals surface area contributed by atoms with Crippen molar-refractivity contribution in [3.63, 3.8) is 0 Å². The van der Waals surface area contributed by atoms with E-state index in [1.54, 1.807) is 12.1 Å². The standard InChI is InChI=1S/C15H22O4/c1-3-10-18-12(2)5-4-11-19-15(17)13-6-8-14(16)9-7-13/h6-9,12,16H,3-5,10-11H2,1-2H3. The van der Waals surface area contributed by atoms with Crippen LogP contribution in [0.15, 0.2) is 24.3 Å². The van der Waals surface area contributed by atoms with Gasteiger partial charge in [0.05, 0.1) is 18.3 Å². The molecule has 0 aliphatic heterocycles. The van der Waals surface area contributed by atoms with Crippen LogP contribution >= 0.6 is 0 Å². The first kappa shape index (κ1) is 15.5. The third-order valence-electron chi connectivity index (χ3n) is 2.70. The molecule has 19 heavy (non-hydrogen) atoms. The second kappa shape index (κ2) is 8.53. The lowest BCUT2D eigenvalue weighted by Gasteiger charge is -2.12. The van der Waals surface area contributed by atoms with Gasteiger partial charge in [-0.1, -0.05) is 6.92 Å². The first-order valence-electron chi connectivity index (χ1n) is 6.71. The highest BCUT2D eigenvalue weighted by Gasteiger charge is 2.07. The molecule has 1 aromatic rings. The number of hydrogen-bond donors (Lipinski definition) is 1. The minimum absolute atomic E-state index is 0.137. The molecule has 0 saturated carbocycles. The monoisotopic (exact) mass is 266 g/mol. The van der Waals surface area contributed by atoms with E-state index < -0.39 is 0 Å². The van der Waals surface area contributed by atoms with Crippen LogP contribution in [0.1, 0.15) is 43.5 Å². The van der Waals surface area contributed by atoms with Gasteiger partial charge in [0, 0.05) is 6.61 Å². The zero-order chi connectivity index (χ0) is 14.1. The van der Waals surface area contributed by atoms with Gasteiger partial charge >= 0.3 is 5.97 Å². The number of hydrogen-bond acceptors (Lipinski definition) is 4. The molecule has 0 aliphatic carbocycles. The largest absolute Gasteiger partial charge is 0.508 e. The molecule has 106 valence electrons. The fraction of sp³-hybridized carbons (Fsp3) is 0.533. The Hall–Kier alpha value is -1.55. The zero-order valence-electron chi connectivity index (χ0n) is 11.6. The van der Waals surface area contributed by atoms with E-state index in [9.17, 15) is 4.79 Å². The van der Waals surface area contributed by atoms with Crippen LogP contribution in [0.4, 0.5) is 0 Å². The minimum atomic E-state index is -0.359. The summed E-state index contributed by atoms with van der Waals surface area (Å²) in [5, 5.41) is 9.12. The van der Waals surface area contributed by atoms with Gasteiger partial charge in [0.2, 0.25) is 0 Å². The summed E-state index contributed by atoms with van der Waals surface area (Å²) in [4.78, 5) is 11.6. The number of ether oxygens (including phenoxy) is 2. The van der Waals surface area contributed by atoms with Crippen LogP contribution in [0.25, 0.3) is 0 Å². The SMILES string of the molecule is CCCOC(C)CCCOC(=O)c1ccc(O)cc1. The van der Waals surface area contributed by atoms with Gasteiger partial charge in [-0.05, 0) is 50.5 Å². The van der Waals surface area contributed by atoms with Crippen molar-refractivity contribution in [3.8, 4) is 5.75 Å². The van der Waals surface area contributed by atoms with Crippen LogP contribution in [0.5, 0.6) is 5.75 Å². The lowest BCUT2D eigenvalue weighted by Crippen LogP contribution is -2.12. The first-order valence-corrected chi connectivity index (χ1v) is 6.71. The molecule has 0 heterocycles. The summed E-state index contributed by atoms with van der Waals surface area (Å²) >= 11 is 0. The van der Waals surface area contributed by atoms with Crippen LogP contribution in [0, 0.1) is 0 Å². The molecule has 1 N–H and O–H groups in total. The topological polar surface area (TPSA) is 55.8 Å². The summed E-state index contributed by atoms with van der Waals surface area (Å²) < 4.78 is 10.7. The molecule has 4 nitrogen and oxygen atoms in total. The molecule has 0 saturated heterocycles. The van der Waals surface area contributed by atoms with E-state index in [4.69, 9.17) is 14.6 Å². The Balaban J connectivity index is 2.18. The highest BCUT2D eigenvalue weighted by molar-refractivity contribution is 5.89. The smallest absolute Gasteiger partial charge is 0.338 e. The number of carbonyl (C=O) groups excluding carboxylic acids is 1. The van der Waals surface area contributed by atoms with Gasteiger partial charge in [0.25, 0.3) is 0 Å². The van der Waals surface area contributed by atoms with Gasteiger partial charge in [-0.3, -0.25) is 0 Å². The van der Waals surface area contributed by atoms with Crippen molar-refractivity contribution in [1.82, 2.24) is 0 Å². The molecule has 0 aromatic heterocycles. The van der Waals surface area contributed by atoms with E-state index in [2.05, 4.69) is 6.92 Å². The first-order chi connectivity index (χ1) is 9.13. The van der Waals surface area contributed by atoms with Crippen LogP contribution < -0.4 is 0 Å². The van der Waals surface area contributed by atoms with Gasteiger partial charge < -0.3 is 14.6 Å². The lowest BCUT2D eigenvalue weighted by atomic mass is 10.2. The molecular weight excluding hydrogens is 244 g/mol. The zero-order valence-corrected chi connectivity index (χ0v) is 11.6. The van der Waals surface area contributed by atoms with Gasteiger partial charge in [-0.2, -0.15) is 0 Å². The van der Waals surface area contributed by atoms with Crippen LogP contribution in [-0.4, -0.2) is 30.4 Å². The van der Waals surface area contributed by atoms with Crippen LogP contribution in [0.3, 0.4) is 0 Å². The van der Waals surface area contributed by atoms with Gasteiger partial charge in [-0.25, -0.2) is 4.79 Å². The Kier molecular flexibility index (Phi) is 6.97. The molecule has 0 amide bonds. The minimum Gasteiger partial charge on any atom is -0.508 e. The highest BCUT2D eigenvalue weighted by Crippen LogP contribution is 2.11. The Bertz CT molecular complexity index is 372. The molecule has 0 aliphatic rings. The summed E-state index contributed by atoms with van der Waals surface area (Å²) in [5.74, 6) is -0.222. The predicted molar refractivity (Wildman–Crippen MR) is 73.3 cm³/mol. The molecule has 1 rings (SSSR count). The van der Waals surface area contributed by atoms with Crippen molar-refractivity contribution in [2.24, 2.45) is 0 Å². The molecule has 1 unspecified atom stereocenters. The summed E-state index contributed by atoms with van der Waals surface area (Å²) in [5.41, 5.74) is 0.452. The average Bonchev–Trinajstić information content (AvgIpc) is 2.41. The van der Waals surface area contributed by atoms with E-state index >= 15 is 0 Å². The molecule has 1 atom stereocenters. The average molecular weight is 266 g/mol. The van der Waals surface area contributed by atoms with E-state index in [0.29, 0.717) is 12.2 Å². The fourth-order valence-electron chi connectivity index (χ4n) is 1.62. The number of rotatable bonds is 8. The third-order valence-corrected chi connectivity index (χ3v) is 2.70. The Labute approximate surface area is 114 Å². The van der Waals surface area contributed by atoms with Crippen molar-refractivity contribution in [3.05, 3.63) is 29.8 Å². The van der Waals surface area contributed by atoms with Gasteiger partial charge in [-0.15, -0.1) is 0 Å². The van der Waals surface area contributed by atoms with E-state index in [-0.39, 0.29) is 17.8 Å². The Morgan fingerprint density at radius 1 is 1.26 bits per heavy atom. The van der Waals surface area contributed by atoms with Gasteiger partial charge in [0.1, 0.15) is 5.75 Å². The second-order valence-electron chi connectivity index (χ2n) is 4.51. The number of carbonyl (C=O) groups is 1. The molecule has 0 bridgehead atoms. The second-order valence-corrected chi connectivity index (χ2v) is 4.51. The molecule has 1 aromatic carbocycles. The van der Waals surface area contributed by atoms with Crippen molar-refractivity contribution < 1.29 is 19.4 Å². The van der Waals surface area contributed by atoms with E-state index in [1.807, 2.05) is 6.92 Å². The fourth-order valence-corrected chi connectivity index (χ4v) is 1.62. The van der Waals surface area contributed by atoms with Crippen molar-refractivity contribution in [1.29, 1.82) is 0 Å². The van der Waals surface area contributed by atoms with Crippen LogP contribution in [-0.2, 0) is 9.47 Å². The lowest BCUT2D eigenvalue weighted by molar-refractivity contribution is 0.0393. The number of esters is 1. The van der Waals surface area contributed by atoms with E-state index in [0.717, 1.165) is 25.9 Å². The van der Waals surface area contributed by atoms with Crippen LogP contribution in [0.2, 0.25) is 0 Å². The number of phenols is 1. The van der Waals surface area contributed by atoms with Crippen molar-refractivity contribution in [2.75, 3.05) is 13.2 Å². The number of aromatic hydroxyl groups is 1. The van der Waals surface area contributed by atoms with Gasteiger partial charge in [0.15, 0.2) is 0 Å². The molecule has 0 radical (unpaired) electrons. The maximum Gasteiger partial charge on any atom is 0.338 e. The maximum atomic E-state index is 11.6. The molecule has 0 spiro atoms. The summed E-state index contributed by atoms with van der Waals surface area (Å²) in [6, 6.07) is 6.03. The predicted octanol–water partition coefficient (Wildman–Crippen LogP) is 3.14. The molecular formula is C15H22O4. The van der Waals surface area contributed by atoms with Crippen molar-refractivity contribution in [2.45, 2.75) is 39.2 Å². The summed E-state index contributed by atoms with van der Waals surface area (Å²) in [6.07, 6.45) is 2.88. The Morgan fingerprint density at radius 3 is 2.58 bits per heavy atom. The summed E-state index contributed by atoms with van der Waals surface area (Å²) in [7, 11) is 0. The highest BCUT2D eigenvalue weighted by atomic mass is 16.5. The Morgan fingerprint density at radius 2 is 1.95 bits per heavy atom. The number of phenolic OH excluding ortho intramolecular Hbond substituents is 1. The quantitative estimate of drug-likeness (QED) is 0.580. The molecule has 4 heteroatoms. The molecule has 0 fully saturated rings. The van der Waals surface area contributed by atoms with Crippen molar-refractivity contribution >= 4 is 5.97 Å². The maximum absolute atomic E-state index is 11.6. The van der Waals surface area contributed by atoms with E-state index in [1.165, 1.54) is 12.1 Å². The third kappa shape index (κ3) is 6.25.